The molecule has 2 saturated heterocycles. The quantitative estimate of drug-likeness (QED) is 0.258. The molecule has 7 nitrogen and oxygen atoms in total. The zero-order valence-corrected chi connectivity index (χ0v) is 21.3. The number of halogens is 1. The molecular weight excluding hydrogens is 481 g/mol. The van der Waals surface area contributed by atoms with Crippen molar-refractivity contribution < 1.29 is 9.47 Å². The molecule has 1 atom stereocenters. The molecule has 0 amide bonds. The molecule has 2 rings (SSSR count). The summed E-state index contributed by atoms with van der Waals surface area (Å²) in [6, 6.07) is 0.534. The number of methoxy groups -OCH3 is 1. The third-order valence-corrected chi connectivity index (χ3v) is 5.91. The number of piperidine rings is 1. The van der Waals surface area contributed by atoms with Crippen LogP contribution in [0.4, 0.5) is 0 Å². The fourth-order valence-electron chi connectivity index (χ4n) is 4.16. The molecule has 29 heavy (non-hydrogen) atoms. The van der Waals surface area contributed by atoms with E-state index in [4.69, 9.17) is 9.47 Å². The lowest BCUT2D eigenvalue weighted by molar-refractivity contribution is 0.0132. The van der Waals surface area contributed by atoms with Crippen LogP contribution in [0.25, 0.3) is 0 Å². The molecule has 0 aromatic rings. The van der Waals surface area contributed by atoms with Crippen LogP contribution in [0.5, 0.6) is 0 Å². The third-order valence-electron chi connectivity index (χ3n) is 5.91. The van der Waals surface area contributed by atoms with Gasteiger partial charge in [0.05, 0.1) is 19.8 Å². The van der Waals surface area contributed by atoms with Gasteiger partial charge in [-0.3, -0.25) is 9.89 Å². The number of morpholine rings is 1. The lowest BCUT2D eigenvalue weighted by Gasteiger charge is -2.36. The highest BCUT2D eigenvalue weighted by Gasteiger charge is 2.23. The van der Waals surface area contributed by atoms with Crippen molar-refractivity contribution in [3.63, 3.8) is 0 Å². The summed E-state index contributed by atoms with van der Waals surface area (Å²) < 4.78 is 10.7. The number of hydrogen-bond acceptors (Lipinski definition) is 5. The Hall–Kier alpha value is -0.160. The van der Waals surface area contributed by atoms with E-state index in [1.54, 1.807) is 7.11 Å². The maximum Gasteiger partial charge on any atom is 0.191 e. The first-order valence-electron chi connectivity index (χ1n) is 11.1. The molecule has 0 saturated carbocycles. The van der Waals surface area contributed by atoms with Crippen molar-refractivity contribution in [2.45, 2.75) is 39.2 Å². The number of ether oxygens (including phenoxy) is 2. The van der Waals surface area contributed by atoms with Gasteiger partial charge in [0.25, 0.3) is 0 Å². The largest absolute Gasteiger partial charge is 0.383 e. The molecule has 8 heteroatoms. The Morgan fingerprint density at radius 2 is 1.83 bits per heavy atom. The van der Waals surface area contributed by atoms with Gasteiger partial charge in [-0.1, -0.05) is 13.8 Å². The summed E-state index contributed by atoms with van der Waals surface area (Å²) in [6.07, 6.45) is 3.69. The van der Waals surface area contributed by atoms with E-state index in [0.29, 0.717) is 12.0 Å². The molecule has 2 aliphatic heterocycles. The fraction of sp³-hybridized carbons (Fsp3) is 0.952. The SMILES string of the molecule is CN=C(NCC1CCN(CCOC)CC1)NCC(CC(C)C)N1CCOCC1.I. The van der Waals surface area contributed by atoms with Gasteiger partial charge >= 0.3 is 0 Å². The van der Waals surface area contributed by atoms with Crippen molar-refractivity contribution >= 4 is 29.9 Å². The predicted octanol–water partition coefficient (Wildman–Crippen LogP) is 1.87. The first-order chi connectivity index (χ1) is 13.6. The minimum absolute atomic E-state index is 0. The van der Waals surface area contributed by atoms with E-state index >= 15 is 0 Å². The molecule has 0 bridgehead atoms. The molecule has 2 N–H and O–H groups in total. The van der Waals surface area contributed by atoms with Crippen LogP contribution in [-0.4, -0.2) is 102 Å². The second-order valence-electron chi connectivity index (χ2n) is 8.54. The van der Waals surface area contributed by atoms with Crippen LogP contribution in [0.15, 0.2) is 4.99 Å². The Bertz CT molecular complexity index is 439. The Morgan fingerprint density at radius 3 is 2.41 bits per heavy atom. The van der Waals surface area contributed by atoms with Crippen LogP contribution in [0.1, 0.15) is 33.1 Å². The summed E-state index contributed by atoms with van der Waals surface area (Å²) in [4.78, 5) is 9.52. The van der Waals surface area contributed by atoms with E-state index in [1.165, 1.54) is 32.4 Å². The van der Waals surface area contributed by atoms with Crippen molar-refractivity contribution in [2.24, 2.45) is 16.8 Å². The van der Waals surface area contributed by atoms with Gasteiger partial charge in [0.15, 0.2) is 5.96 Å². The Labute approximate surface area is 195 Å². The molecular formula is C21H44IN5O2. The fourth-order valence-corrected chi connectivity index (χ4v) is 4.16. The van der Waals surface area contributed by atoms with E-state index in [-0.39, 0.29) is 24.0 Å². The molecule has 2 fully saturated rings. The first-order valence-corrected chi connectivity index (χ1v) is 11.1. The van der Waals surface area contributed by atoms with Crippen LogP contribution >= 0.6 is 24.0 Å². The predicted molar refractivity (Wildman–Crippen MR) is 131 cm³/mol. The zero-order chi connectivity index (χ0) is 20.2. The smallest absolute Gasteiger partial charge is 0.191 e. The first kappa shape index (κ1) is 26.9. The second-order valence-corrected chi connectivity index (χ2v) is 8.54. The lowest BCUT2D eigenvalue weighted by Crippen LogP contribution is -2.51. The standard InChI is InChI=1S/C21H43N5O2.HI/c1-18(2)15-20(26-10-13-28-14-11-26)17-24-21(22-3)23-16-19-5-7-25(8-6-19)9-12-27-4;/h18-20H,5-17H2,1-4H3,(H2,22,23,24);1H. The van der Waals surface area contributed by atoms with Crippen molar-refractivity contribution in [1.29, 1.82) is 0 Å². The van der Waals surface area contributed by atoms with Crippen LogP contribution in [0, 0.1) is 11.8 Å². The zero-order valence-electron chi connectivity index (χ0n) is 19.0. The molecule has 0 radical (unpaired) electrons. The summed E-state index contributed by atoms with van der Waals surface area (Å²) in [5.74, 6) is 2.35. The van der Waals surface area contributed by atoms with Gasteiger partial charge in [-0.2, -0.15) is 0 Å². The van der Waals surface area contributed by atoms with Gasteiger partial charge in [-0.05, 0) is 44.2 Å². The van der Waals surface area contributed by atoms with E-state index in [9.17, 15) is 0 Å². The molecule has 0 spiro atoms. The Morgan fingerprint density at radius 1 is 1.14 bits per heavy atom. The molecule has 2 aliphatic rings. The van der Waals surface area contributed by atoms with Gasteiger partial charge in [-0.15, -0.1) is 24.0 Å². The summed E-state index contributed by atoms with van der Waals surface area (Å²) in [5.41, 5.74) is 0. The van der Waals surface area contributed by atoms with Crippen LogP contribution in [0.3, 0.4) is 0 Å². The number of guanidine groups is 1. The third kappa shape index (κ3) is 10.6. The average molecular weight is 526 g/mol. The minimum atomic E-state index is 0. The highest BCUT2D eigenvalue weighted by Crippen LogP contribution is 2.16. The summed E-state index contributed by atoms with van der Waals surface area (Å²) in [7, 11) is 3.65. The van der Waals surface area contributed by atoms with Crippen molar-refractivity contribution in [3.05, 3.63) is 0 Å². The normalized spacial score (nSPS) is 21.1. The number of hydrogen-bond donors (Lipinski definition) is 2. The van der Waals surface area contributed by atoms with Crippen molar-refractivity contribution in [3.8, 4) is 0 Å². The van der Waals surface area contributed by atoms with Crippen LogP contribution in [0.2, 0.25) is 0 Å². The summed E-state index contributed by atoms with van der Waals surface area (Å²) in [6.45, 7) is 14.6. The van der Waals surface area contributed by atoms with E-state index in [0.717, 1.165) is 64.4 Å². The lowest BCUT2D eigenvalue weighted by atomic mass is 9.97. The topological polar surface area (TPSA) is 61.4 Å². The Balaban J connectivity index is 0.00000420. The maximum atomic E-state index is 5.53. The molecule has 0 aliphatic carbocycles. The molecule has 2 heterocycles. The molecule has 1 unspecified atom stereocenters. The number of aliphatic imine (C=N–C) groups is 1. The van der Waals surface area contributed by atoms with Crippen LogP contribution in [-0.2, 0) is 9.47 Å². The number of likely N-dealkylation sites (tertiary alicyclic amines) is 1. The van der Waals surface area contributed by atoms with E-state index in [2.05, 4.69) is 39.3 Å². The van der Waals surface area contributed by atoms with E-state index in [1.807, 2.05) is 7.05 Å². The maximum absolute atomic E-state index is 5.53. The molecule has 0 aromatic carbocycles. The highest BCUT2D eigenvalue weighted by atomic mass is 127. The van der Waals surface area contributed by atoms with Gasteiger partial charge in [-0.25, -0.2) is 0 Å². The van der Waals surface area contributed by atoms with E-state index < -0.39 is 0 Å². The number of nitrogens with one attached hydrogen (secondary N) is 2. The highest BCUT2D eigenvalue weighted by molar-refractivity contribution is 14.0. The molecule has 172 valence electrons. The monoisotopic (exact) mass is 525 g/mol. The number of nitrogens with zero attached hydrogens (tertiary/aromatic N) is 3. The van der Waals surface area contributed by atoms with Crippen molar-refractivity contribution in [1.82, 2.24) is 20.4 Å². The van der Waals surface area contributed by atoms with Crippen LogP contribution < -0.4 is 10.6 Å². The molecule has 0 aromatic heterocycles. The average Bonchev–Trinajstić information content (AvgIpc) is 2.72. The van der Waals surface area contributed by atoms with Gasteiger partial charge in [0.2, 0.25) is 0 Å². The minimum Gasteiger partial charge on any atom is -0.383 e. The van der Waals surface area contributed by atoms with Gasteiger partial charge in [0.1, 0.15) is 0 Å². The Kier molecular flexibility index (Phi) is 14.5. The summed E-state index contributed by atoms with van der Waals surface area (Å²) >= 11 is 0. The van der Waals surface area contributed by atoms with Gasteiger partial charge < -0.3 is 25.0 Å². The second kappa shape index (κ2) is 15.6. The summed E-state index contributed by atoms with van der Waals surface area (Å²) in [5, 5.41) is 7.14. The van der Waals surface area contributed by atoms with Crippen molar-refractivity contribution in [2.75, 3.05) is 79.8 Å². The van der Waals surface area contributed by atoms with Gasteiger partial charge in [0, 0.05) is 52.9 Å². The number of rotatable bonds is 10.